The number of quaternary nitrogens is 1. The van der Waals surface area contributed by atoms with Gasteiger partial charge in [0.2, 0.25) is 0 Å². The molecule has 9 nitrogen and oxygen atoms in total. The number of likely N-dealkylation sites (N-methyl/N-ethyl adjacent to an activating group) is 1. The van der Waals surface area contributed by atoms with E-state index in [1.165, 1.54) is 63.9 Å². The minimum Gasteiger partial charge on any atom is -0.460 e. The number of esters is 1. The van der Waals surface area contributed by atoms with Crippen LogP contribution in [0.4, 0.5) is 0 Å². The molecule has 0 aliphatic heterocycles. The van der Waals surface area contributed by atoms with Crippen LogP contribution in [0.2, 0.25) is 0 Å². The quantitative estimate of drug-likeness (QED) is 0.0331. The molecule has 0 rings (SSSR count). The van der Waals surface area contributed by atoms with E-state index in [2.05, 4.69) is 23.6 Å². The summed E-state index contributed by atoms with van der Waals surface area (Å²) in [5.74, 6) is -0.553. The van der Waals surface area contributed by atoms with Crippen LogP contribution in [0.15, 0.2) is 60.8 Å². The van der Waals surface area contributed by atoms with Crippen LogP contribution in [-0.4, -0.2) is 84.1 Å². The Labute approximate surface area is 242 Å². The Kier molecular flexibility index (Phi) is 27.5. The maximum atomic E-state index is 11.3. The largest absolute Gasteiger partial charge is 0.469 e. The number of hydrogen-bond donors (Lipinski definition) is 4. The third-order valence-corrected chi connectivity index (χ3v) is 5.79. The van der Waals surface area contributed by atoms with Gasteiger partial charge in [-0.2, -0.15) is 0 Å². The molecule has 0 aromatic carbocycles. The minimum atomic E-state index is -4.26. The van der Waals surface area contributed by atoms with Crippen LogP contribution < -0.4 is 0 Å². The molecule has 1 atom stereocenters. The molecule has 40 heavy (non-hydrogen) atoms. The van der Waals surface area contributed by atoms with Crippen molar-refractivity contribution in [2.45, 2.75) is 77.2 Å². The van der Waals surface area contributed by atoms with E-state index in [4.69, 9.17) is 24.7 Å². The van der Waals surface area contributed by atoms with E-state index in [-0.39, 0.29) is 13.2 Å². The monoisotopic (exact) mass is 588 g/mol. The highest BCUT2D eigenvalue weighted by Crippen LogP contribution is 2.35. The molecule has 0 amide bonds. The van der Waals surface area contributed by atoms with Gasteiger partial charge in [0, 0.05) is 6.08 Å². The third-order valence-electron chi connectivity index (χ3n) is 5.27. The van der Waals surface area contributed by atoms with E-state index in [1.54, 1.807) is 12.2 Å². The summed E-state index contributed by atoms with van der Waals surface area (Å²) in [4.78, 5) is 27.9. The molecule has 0 saturated heterocycles. The Hall–Kier alpha value is -1.84. The Morgan fingerprint density at radius 1 is 0.825 bits per heavy atom. The minimum absolute atomic E-state index is 0.0772. The van der Waals surface area contributed by atoms with Crippen molar-refractivity contribution in [1.29, 1.82) is 0 Å². The first-order chi connectivity index (χ1) is 18.9. The highest BCUT2D eigenvalue weighted by Gasteiger charge is 2.16. The molecule has 0 radical (unpaired) electrons. The summed E-state index contributed by atoms with van der Waals surface area (Å²) < 4.78 is 19.8. The molecular formula is C30H55NO8P+. The first-order valence-corrected chi connectivity index (χ1v) is 15.7. The normalized spacial score (nSPS) is 13.6. The van der Waals surface area contributed by atoms with E-state index in [1.807, 2.05) is 51.5 Å². The molecule has 10 heteroatoms. The summed E-state index contributed by atoms with van der Waals surface area (Å²) in [6.45, 7) is 2.28. The van der Waals surface area contributed by atoms with Crippen LogP contribution in [0, 0.1) is 0 Å². The first kappa shape index (κ1) is 40.3. The van der Waals surface area contributed by atoms with Crippen molar-refractivity contribution in [3.8, 4) is 0 Å². The number of phosphoric acid groups is 1. The lowest BCUT2D eigenvalue weighted by Gasteiger charge is -2.23. The van der Waals surface area contributed by atoms with Gasteiger partial charge in [-0.15, -0.1) is 0 Å². The highest BCUT2D eigenvalue weighted by molar-refractivity contribution is 7.46. The van der Waals surface area contributed by atoms with Crippen molar-refractivity contribution in [2.75, 3.05) is 47.5 Å². The Balaban J connectivity index is 0. The molecule has 0 saturated carbocycles. The summed E-state index contributed by atoms with van der Waals surface area (Å²) >= 11 is 0. The summed E-state index contributed by atoms with van der Waals surface area (Å²) in [6.07, 6.45) is 30.8. The number of allylic oxidation sites excluding steroid dienone is 9. The second kappa shape index (κ2) is 27.3. The molecule has 0 aromatic heterocycles. The number of ether oxygens (including phenoxy) is 1. The summed E-state index contributed by atoms with van der Waals surface area (Å²) in [5, 5.41) is 17.7. The predicted molar refractivity (Wildman–Crippen MR) is 162 cm³/mol. The lowest BCUT2D eigenvalue weighted by molar-refractivity contribution is -0.870. The van der Waals surface area contributed by atoms with Crippen LogP contribution in [0.25, 0.3) is 0 Å². The van der Waals surface area contributed by atoms with Crippen molar-refractivity contribution in [3.05, 3.63) is 60.8 Å². The fourth-order valence-electron chi connectivity index (χ4n) is 2.98. The van der Waals surface area contributed by atoms with Gasteiger partial charge in [0.05, 0.1) is 27.7 Å². The number of carbonyl (C=O) groups excluding carboxylic acids is 1. The lowest BCUT2D eigenvalue weighted by atomic mass is 10.1. The molecule has 0 aliphatic carbocycles. The Morgan fingerprint density at radius 3 is 1.82 bits per heavy atom. The molecule has 0 fully saturated rings. The summed E-state index contributed by atoms with van der Waals surface area (Å²) in [5.41, 5.74) is 0. The van der Waals surface area contributed by atoms with Gasteiger partial charge in [0.15, 0.2) is 0 Å². The zero-order valence-electron chi connectivity index (χ0n) is 25.1. The number of phosphoric ester groups is 1. The van der Waals surface area contributed by atoms with E-state index >= 15 is 0 Å². The van der Waals surface area contributed by atoms with Crippen molar-refractivity contribution in [3.63, 3.8) is 0 Å². The number of aliphatic hydroxyl groups excluding tert-OH is 2. The number of rotatable bonds is 22. The lowest BCUT2D eigenvalue weighted by Crippen LogP contribution is -2.37. The van der Waals surface area contributed by atoms with Crippen LogP contribution in [0.1, 0.15) is 71.1 Å². The van der Waals surface area contributed by atoms with Gasteiger partial charge in [-0.3, -0.25) is 4.52 Å². The van der Waals surface area contributed by atoms with E-state index < -0.39 is 26.5 Å². The van der Waals surface area contributed by atoms with Gasteiger partial charge in [-0.1, -0.05) is 113 Å². The van der Waals surface area contributed by atoms with Gasteiger partial charge >= 0.3 is 13.8 Å². The second-order valence-electron chi connectivity index (χ2n) is 10.4. The van der Waals surface area contributed by atoms with Crippen LogP contribution >= 0.6 is 7.82 Å². The smallest absolute Gasteiger partial charge is 0.460 e. The van der Waals surface area contributed by atoms with E-state index in [0.717, 1.165) is 6.42 Å². The van der Waals surface area contributed by atoms with Gasteiger partial charge in [-0.25, -0.2) is 9.36 Å². The number of carbonyl (C=O) groups is 1. The average Bonchev–Trinajstić information content (AvgIpc) is 2.87. The van der Waals surface area contributed by atoms with Gasteiger partial charge < -0.3 is 29.2 Å². The number of nitrogens with zero attached hydrogens (tertiary/aromatic N) is 1. The van der Waals surface area contributed by atoms with Crippen molar-refractivity contribution >= 4 is 13.8 Å². The van der Waals surface area contributed by atoms with Crippen LogP contribution in [0.3, 0.4) is 0 Å². The number of hydrogen-bond acceptors (Lipinski definition) is 6. The van der Waals surface area contributed by atoms with E-state index in [9.17, 15) is 9.36 Å². The van der Waals surface area contributed by atoms with E-state index in [0.29, 0.717) is 11.0 Å². The Morgan fingerprint density at radius 2 is 1.32 bits per heavy atom. The number of unbranched alkanes of at least 4 members (excludes halogenated alkanes) is 9. The molecule has 0 bridgehead atoms. The molecule has 232 valence electrons. The van der Waals surface area contributed by atoms with Crippen LogP contribution in [0.5, 0.6) is 0 Å². The number of aliphatic hydroxyl groups is 2. The molecule has 4 N–H and O–H groups in total. The van der Waals surface area contributed by atoms with Crippen molar-refractivity contribution < 1.29 is 43.1 Å². The zero-order chi connectivity index (χ0) is 30.5. The molecular weight excluding hydrogens is 533 g/mol. The molecule has 1 unspecified atom stereocenters. The standard InChI is InChI=1S/C25H40O4.C5H14NO4P/c1-2-3-4-5-6-7-8-9-10-11-12-13-14-15-16-17-18-19-20-21-25(28)29-23-24(27)22-26;1-6(2,3)4-5-10-11(7,8)9/h12-21,24,26-27H,2-11,22-23H2,1H3;4-5H2,1-3H3,(H-,7,8,9)/p+1. The maximum Gasteiger partial charge on any atom is 0.469 e. The van der Waals surface area contributed by atoms with Gasteiger partial charge in [-0.05, 0) is 12.8 Å². The molecule has 0 spiro atoms. The Bertz CT molecular complexity index is 794. The van der Waals surface area contributed by atoms with Crippen molar-refractivity contribution in [1.82, 2.24) is 0 Å². The predicted octanol–water partition coefficient (Wildman–Crippen LogP) is 5.39. The summed E-state index contributed by atoms with van der Waals surface area (Å²) in [7, 11) is 1.50. The SMILES string of the molecule is CCCCCCCCCCCC=CC=CC=CC=CC=CC(=O)OCC(O)CO.C[N+](C)(C)CCOP(=O)(O)O. The topological polar surface area (TPSA) is 134 Å². The van der Waals surface area contributed by atoms with Gasteiger partial charge in [0.25, 0.3) is 0 Å². The maximum absolute atomic E-state index is 11.3. The third kappa shape index (κ3) is 38.3. The second-order valence-corrected chi connectivity index (χ2v) is 11.6. The summed E-state index contributed by atoms with van der Waals surface area (Å²) in [6, 6.07) is 0. The molecule has 0 aliphatic rings. The fraction of sp³-hybridized carbons (Fsp3) is 0.633. The molecule has 0 heterocycles. The zero-order valence-corrected chi connectivity index (χ0v) is 26.0. The highest BCUT2D eigenvalue weighted by atomic mass is 31.2. The average molecular weight is 589 g/mol. The van der Waals surface area contributed by atoms with Gasteiger partial charge in [0.1, 0.15) is 25.9 Å². The molecule has 0 aromatic rings. The van der Waals surface area contributed by atoms with Crippen molar-refractivity contribution in [2.24, 2.45) is 0 Å². The first-order valence-electron chi connectivity index (χ1n) is 14.2. The fourth-order valence-corrected chi connectivity index (χ4v) is 3.30. The van der Waals surface area contributed by atoms with Crippen LogP contribution in [-0.2, 0) is 18.6 Å².